The average Bonchev–Trinajstić information content (AvgIpc) is 2.35. The number of likely N-dealkylation sites (N-methyl/N-ethyl adjacent to an activating group) is 1. The molecule has 0 heterocycles. The fourth-order valence-corrected chi connectivity index (χ4v) is 2.02. The summed E-state index contributed by atoms with van der Waals surface area (Å²) in [5.74, 6) is 2.00. The Morgan fingerprint density at radius 2 is 1.89 bits per heavy atom. The largest absolute Gasteiger partial charge is 0.356 e. The van der Waals surface area contributed by atoms with Crippen LogP contribution < -0.4 is 10.6 Å². The fraction of sp³-hybridized carbons (Fsp3) is 0.917. The summed E-state index contributed by atoms with van der Waals surface area (Å²) in [5, 5.41) is 6.67. The molecule has 0 saturated carbocycles. The van der Waals surface area contributed by atoms with Gasteiger partial charge in [0, 0.05) is 31.9 Å². The number of hydrogen-bond acceptors (Lipinski definition) is 3. The maximum atomic E-state index is 4.21. The Balaban J connectivity index is 0. The summed E-state index contributed by atoms with van der Waals surface area (Å²) < 4.78 is 0. The molecular weight excluding hydrogens is 359 g/mol. The Kier molecular flexibility index (Phi) is 15.7. The zero-order valence-electron chi connectivity index (χ0n) is 12.3. The van der Waals surface area contributed by atoms with Crippen LogP contribution in [0.5, 0.6) is 0 Å². The van der Waals surface area contributed by atoms with E-state index in [-0.39, 0.29) is 24.0 Å². The van der Waals surface area contributed by atoms with E-state index in [4.69, 9.17) is 0 Å². The highest BCUT2D eigenvalue weighted by Gasteiger charge is 2.09. The van der Waals surface area contributed by atoms with Gasteiger partial charge in [-0.05, 0) is 26.3 Å². The van der Waals surface area contributed by atoms with Crippen molar-refractivity contribution in [2.45, 2.75) is 26.8 Å². The van der Waals surface area contributed by atoms with Crippen LogP contribution in [-0.2, 0) is 0 Å². The van der Waals surface area contributed by atoms with E-state index in [2.05, 4.69) is 47.6 Å². The highest BCUT2D eigenvalue weighted by molar-refractivity contribution is 14.0. The van der Waals surface area contributed by atoms with Crippen LogP contribution in [0.15, 0.2) is 4.99 Å². The average molecular weight is 388 g/mol. The van der Waals surface area contributed by atoms with Crippen LogP contribution in [0.3, 0.4) is 0 Å². The predicted octanol–water partition coefficient (Wildman–Crippen LogP) is 1.86. The van der Waals surface area contributed by atoms with Crippen LogP contribution in [0.2, 0.25) is 0 Å². The van der Waals surface area contributed by atoms with E-state index in [0.717, 1.165) is 37.9 Å². The first-order chi connectivity index (χ1) is 8.19. The second-order valence-corrected chi connectivity index (χ2v) is 4.93. The topological polar surface area (TPSA) is 39.7 Å². The van der Waals surface area contributed by atoms with Crippen molar-refractivity contribution in [1.29, 1.82) is 0 Å². The van der Waals surface area contributed by atoms with Crippen molar-refractivity contribution in [1.82, 2.24) is 15.5 Å². The lowest BCUT2D eigenvalue weighted by Gasteiger charge is -2.27. The molecule has 0 bridgehead atoms. The quantitative estimate of drug-likeness (QED) is 0.288. The third-order valence-electron chi connectivity index (χ3n) is 2.82. The van der Waals surface area contributed by atoms with Crippen LogP contribution in [-0.4, -0.2) is 62.1 Å². The van der Waals surface area contributed by atoms with Gasteiger partial charge in [-0.2, -0.15) is 11.8 Å². The first kappa shape index (κ1) is 20.6. The van der Waals surface area contributed by atoms with Crippen LogP contribution in [0.4, 0.5) is 0 Å². The van der Waals surface area contributed by atoms with Crippen molar-refractivity contribution < 1.29 is 0 Å². The van der Waals surface area contributed by atoms with E-state index in [0.29, 0.717) is 6.04 Å². The summed E-state index contributed by atoms with van der Waals surface area (Å²) in [6.07, 6.45) is 2.11. The van der Waals surface area contributed by atoms with Crippen molar-refractivity contribution in [2.75, 3.05) is 45.2 Å². The minimum Gasteiger partial charge on any atom is -0.356 e. The predicted molar refractivity (Wildman–Crippen MR) is 95.5 cm³/mol. The van der Waals surface area contributed by atoms with E-state index >= 15 is 0 Å². The number of thioether (sulfide) groups is 1. The molecule has 0 aliphatic rings. The molecule has 0 aromatic heterocycles. The zero-order chi connectivity index (χ0) is 13.1. The van der Waals surface area contributed by atoms with Gasteiger partial charge >= 0.3 is 0 Å². The summed E-state index contributed by atoms with van der Waals surface area (Å²) in [6, 6.07) is 0.532. The molecule has 0 aliphatic heterocycles. The molecule has 0 radical (unpaired) electrons. The van der Waals surface area contributed by atoms with Gasteiger partial charge in [0.25, 0.3) is 0 Å². The molecule has 110 valence electrons. The molecule has 0 aliphatic carbocycles. The fourth-order valence-electron chi connectivity index (χ4n) is 1.71. The van der Waals surface area contributed by atoms with Crippen molar-refractivity contribution >= 4 is 41.7 Å². The minimum atomic E-state index is 0. The Bertz CT molecular complexity index is 210. The van der Waals surface area contributed by atoms with Crippen molar-refractivity contribution in [3.05, 3.63) is 0 Å². The molecule has 0 spiro atoms. The van der Waals surface area contributed by atoms with E-state index in [1.54, 1.807) is 0 Å². The minimum absolute atomic E-state index is 0. The highest BCUT2D eigenvalue weighted by Crippen LogP contribution is 1.96. The lowest BCUT2D eigenvalue weighted by molar-refractivity contribution is 0.231. The first-order valence-electron chi connectivity index (χ1n) is 6.37. The molecule has 0 amide bonds. The molecule has 0 saturated heterocycles. The second-order valence-electron chi connectivity index (χ2n) is 3.94. The molecule has 18 heavy (non-hydrogen) atoms. The lowest BCUT2D eigenvalue weighted by Crippen LogP contribution is -2.46. The third kappa shape index (κ3) is 9.27. The van der Waals surface area contributed by atoms with Gasteiger partial charge in [0.2, 0.25) is 0 Å². The van der Waals surface area contributed by atoms with Crippen LogP contribution in [0.1, 0.15) is 20.8 Å². The van der Waals surface area contributed by atoms with Gasteiger partial charge in [-0.1, -0.05) is 13.8 Å². The summed E-state index contributed by atoms with van der Waals surface area (Å²) in [6.45, 7) is 10.7. The van der Waals surface area contributed by atoms with E-state index in [1.165, 1.54) is 0 Å². The van der Waals surface area contributed by atoms with E-state index in [9.17, 15) is 0 Å². The lowest BCUT2D eigenvalue weighted by atomic mass is 10.3. The smallest absolute Gasteiger partial charge is 0.191 e. The van der Waals surface area contributed by atoms with Crippen LogP contribution in [0, 0.1) is 0 Å². The Morgan fingerprint density at radius 1 is 1.28 bits per heavy atom. The summed E-state index contributed by atoms with van der Waals surface area (Å²) in [7, 11) is 1.82. The SMILES string of the molecule is CCN(CC)C(C)CNC(=NC)NCCSC.I. The number of nitrogens with one attached hydrogen (secondary N) is 2. The summed E-state index contributed by atoms with van der Waals surface area (Å²) in [4.78, 5) is 6.64. The third-order valence-corrected chi connectivity index (χ3v) is 3.44. The van der Waals surface area contributed by atoms with Gasteiger partial charge in [-0.25, -0.2) is 0 Å². The molecule has 0 rings (SSSR count). The number of aliphatic imine (C=N–C) groups is 1. The van der Waals surface area contributed by atoms with Crippen molar-refractivity contribution in [3.8, 4) is 0 Å². The van der Waals surface area contributed by atoms with Crippen molar-refractivity contribution in [2.24, 2.45) is 4.99 Å². The monoisotopic (exact) mass is 388 g/mol. The molecule has 0 fully saturated rings. The van der Waals surface area contributed by atoms with Gasteiger partial charge in [0.15, 0.2) is 5.96 Å². The van der Waals surface area contributed by atoms with E-state index < -0.39 is 0 Å². The Morgan fingerprint density at radius 3 is 2.33 bits per heavy atom. The van der Waals surface area contributed by atoms with Gasteiger partial charge in [-0.15, -0.1) is 24.0 Å². The summed E-state index contributed by atoms with van der Waals surface area (Å²) >= 11 is 1.84. The maximum Gasteiger partial charge on any atom is 0.191 e. The summed E-state index contributed by atoms with van der Waals surface area (Å²) in [5.41, 5.74) is 0. The zero-order valence-corrected chi connectivity index (χ0v) is 15.5. The first-order valence-corrected chi connectivity index (χ1v) is 7.76. The second kappa shape index (κ2) is 13.7. The Hall–Kier alpha value is 0.310. The molecular formula is C12H29IN4S. The number of hydrogen-bond donors (Lipinski definition) is 2. The van der Waals surface area contributed by atoms with E-state index in [1.807, 2.05) is 18.8 Å². The standard InChI is InChI=1S/C12H28N4S.HI/c1-6-16(7-2)11(3)10-15-12(13-4)14-8-9-17-5;/h11H,6-10H2,1-5H3,(H2,13,14,15);1H. The molecule has 6 heteroatoms. The van der Waals surface area contributed by atoms with Gasteiger partial charge < -0.3 is 10.6 Å². The normalized spacial score (nSPS) is 13.1. The molecule has 1 atom stereocenters. The molecule has 1 unspecified atom stereocenters. The van der Waals surface area contributed by atoms with Gasteiger partial charge in [-0.3, -0.25) is 9.89 Å². The highest BCUT2D eigenvalue weighted by atomic mass is 127. The maximum absolute atomic E-state index is 4.21. The van der Waals surface area contributed by atoms with Crippen LogP contribution in [0.25, 0.3) is 0 Å². The molecule has 2 N–H and O–H groups in total. The number of guanidine groups is 1. The number of rotatable bonds is 8. The molecule has 4 nitrogen and oxygen atoms in total. The molecule has 0 aromatic rings. The van der Waals surface area contributed by atoms with Gasteiger partial charge in [0.05, 0.1) is 0 Å². The molecule has 0 aromatic carbocycles. The number of nitrogens with zero attached hydrogens (tertiary/aromatic N) is 2. The van der Waals surface area contributed by atoms with Gasteiger partial charge in [0.1, 0.15) is 0 Å². The van der Waals surface area contributed by atoms with Crippen molar-refractivity contribution in [3.63, 3.8) is 0 Å². The van der Waals surface area contributed by atoms with Crippen LogP contribution >= 0.6 is 35.7 Å². The number of halogens is 1. The Labute approximate surface area is 134 Å².